The summed E-state index contributed by atoms with van der Waals surface area (Å²) in [4.78, 5) is 1.53. The zero-order valence-electron chi connectivity index (χ0n) is 13.2. The largest absolute Gasteiger partial charge is 0.401 e. The predicted molar refractivity (Wildman–Crippen MR) is 76.8 cm³/mol. The fourth-order valence-electron chi connectivity index (χ4n) is 3.35. The molecule has 0 heterocycles. The Kier molecular flexibility index (Phi) is 6.32. The average molecular weight is 294 g/mol. The maximum atomic E-state index is 12.6. The third-order valence-corrected chi connectivity index (χ3v) is 4.43. The molecule has 2 atom stereocenters. The van der Waals surface area contributed by atoms with Crippen LogP contribution in [0.3, 0.4) is 0 Å². The van der Waals surface area contributed by atoms with Crippen LogP contribution in [-0.2, 0) is 0 Å². The zero-order chi connectivity index (χ0) is 15.4. The van der Waals surface area contributed by atoms with Crippen molar-refractivity contribution in [3.05, 3.63) is 0 Å². The number of alkyl halides is 3. The second kappa shape index (κ2) is 7.12. The predicted octanol–water partition coefficient (Wildman–Crippen LogP) is 3.68. The van der Waals surface area contributed by atoms with Crippen molar-refractivity contribution in [1.29, 1.82) is 0 Å². The number of hydrogen-bond acceptors (Lipinski definition) is 2. The van der Waals surface area contributed by atoms with E-state index >= 15 is 0 Å². The van der Waals surface area contributed by atoms with E-state index < -0.39 is 12.7 Å². The second-order valence-electron chi connectivity index (χ2n) is 6.66. The summed E-state index contributed by atoms with van der Waals surface area (Å²) >= 11 is 0. The van der Waals surface area contributed by atoms with E-state index in [4.69, 9.17) is 0 Å². The van der Waals surface area contributed by atoms with Crippen molar-refractivity contribution in [3.63, 3.8) is 0 Å². The molecule has 0 aliphatic heterocycles. The fourth-order valence-corrected chi connectivity index (χ4v) is 3.35. The average Bonchev–Trinajstić information content (AvgIpc) is 2.59. The van der Waals surface area contributed by atoms with E-state index in [1.165, 1.54) is 4.90 Å². The van der Waals surface area contributed by atoms with Crippen molar-refractivity contribution < 1.29 is 13.2 Å². The van der Waals surface area contributed by atoms with Gasteiger partial charge in [0.2, 0.25) is 0 Å². The summed E-state index contributed by atoms with van der Waals surface area (Å²) in [7, 11) is 0. The molecular formula is C15H29F3N2. The lowest BCUT2D eigenvalue weighted by molar-refractivity contribution is -0.146. The van der Waals surface area contributed by atoms with E-state index in [1.807, 2.05) is 0 Å². The smallest absolute Gasteiger partial charge is 0.313 e. The molecule has 0 bridgehead atoms. The number of nitrogens with one attached hydrogen (secondary N) is 1. The minimum absolute atomic E-state index is 0.178. The van der Waals surface area contributed by atoms with Gasteiger partial charge in [-0.2, -0.15) is 13.2 Å². The molecule has 1 aliphatic rings. The van der Waals surface area contributed by atoms with Crippen LogP contribution in [0.25, 0.3) is 0 Å². The van der Waals surface area contributed by atoms with Gasteiger partial charge in [0, 0.05) is 12.6 Å². The molecule has 1 fully saturated rings. The van der Waals surface area contributed by atoms with Gasteiger partial charge in [-0.05, 0) is 43.7 Å². The molecule has 0 aromatic rings. The number of hydrogen-bond donors (Lipinski definition) is 1. The molecule has 1 saturated carbocycles. The van der Waals surface area contributed by atoms with E-state index in [-0.39, 0.29) is 5.41 Å². The van der Waals surface area contributed by atoms with Crippen molar-refractivity contribution in [3.8, 4) is 0 Å². The highest BCUT2D eigenvalue weighted by Crippen LogP contribution is 2.41. The van der Waals surface area contributed by atoms with Gasteiger partial charge in [-0.1, -0.05) is 27.7 Å². The van der Waals surface area contributed by atoms with Gasteiger partial charge in [0.05, 0.1) is 6.54 Å². The Hall–Kier alpha value is -0.290. The van der Waals surface area contributed by atoms with Gasteiger partial charge >= 0.3 is 6.18 Å². The maximum Gasteiger partial charge on any atom is 0.401 e. The van der Waals surface area contributed by atoms with Crippen LogP contribution in [0, 0.1) is 11.3 Å². The first-order valence-corrected chi connectivity index (χ1v) is 7.72. The summed E-state index contributed by atoms with van der Waals surface area (Å²) in [5.41, 5.74) is 0.178. The van der Waals surface area contributed by atoms with Crippen LogP contribution in [0.4, 0.5) is 13.2 Å². The first-order chi connectivity index (χ1) is 9.19. The Morgan fingerprint density at radius 1 is 1.25 bits per heavy atom. The lowest BCUT2D eigenvalue weighted by Crippen LogP contribution is -2.47. The monoisotopic (exact) mass is 294 g/mol. The van der Waals surface area contributed by atoms with Gasteiger partial charge < -0.3 is 5.32 Å². The molecule has 20 heavy (non-hydrogen) atoms. The van der Waals surface area contributed by atoms with E-state index in [2.05, 4.69) is 26.1 Å². The standard InChI is InChI=1S/C15H29F3N2/c1-5-9-19-13-12(7-8-14(13,3)4)10-20(6-2)11-15(16,17)18/h12-13,19H,5-11H2,1-4H3. The minimum Gasteiger partial charge on any atom is -0.313 e. The molecule has 1 aliphatic carbocycles. The van der Waals surface area contributed by atoms with E-state index in [0.29, 0.717) is 25.0 Å². The Morgan fingerprint density at radius 2 is 1.90 bits per heavy atom. The van der Waals surface area contributed by atoms with Gasteiger partial charge in [0.15, 0.2) is 0 Å². The second-order valence-corrected chi connectivity index (χ2v) is 6.66. The van der Waals surface area contributed by atoms with Crippen molar-refractivity contribution >= 4 is 0 Å². The van der Waals surface area contributed by atoms with Crippen LogP contribution in [0.5, 0.6) is 0 Å². The summed E-state index contributed by atoms with van der Waals surface area (Å²) in [5.74, 6) is 0.318. The lowest BCUT2D eigenvalue weighted by Gasteiger charge is -2.34. The van der Waals surface area contributed by atoms with Gasteiger partial charge in [-0.25, -0.2) is 0 Å². The van der Waals surface area contributed by atoms with Crippen LogP contribution in [-0.4, -0.2) is 43.3 Å². The molecule has 0 aromatic heterocycles. The molecule has 0 radical (unpaired) electrons. The Morgan fingerprint density at radius 3 is 2.40 bits per heavy atom. The lowest BCUT2D eigenvalue weighted by atomic mass is 9.84. The van der Waals surface area contributed by atoms with Crippen LogP contribution in [0.2, 0.25) is 0 Å². The first-order valence-electron chi connectivity index (χ1n) is 7.72. The molecular weight excluding hydrogens is 265 g/mol. The minimum atomic E-state index is -4.10. The summed E-state index contributed by atoms with van der Waals surface area (Å²) in [6.45, 7) is 9.52. The van der Waals surface area contributed by atoms with Crippen molar-refractivity contribution in [2.45, 2.75) is 59.2 Å². The number of nitrogens with zero attached hydrogens (tertiary/aromatic N) is 1. The van der Waals surface area contributed by atoms with Crippen molar-refractivity contribution in [1.82, 2.24) is 10.2 Å². The molecule has 1 rings (SSSR count). The molecule has 0 saturated heterocycles. The van der Waals surface area contributed by atoms with Gasteiger partial charge in [-0.15, -0.1) is 0 Å². The highest BCUT2D eigenvalue weighted by atomic mass is 19.4. The van der Waals surface area contributed by atoms with Crippen molar-refractivity contribution in [2.24, 2.45) is 11.3 Å². The molecule has 0 amide bonds. The SMILES string of the molecule is CCCNC1C(CN(CC)CC(F)(F)F)CCC1(C)C. The molecule has 1 N–H and O–H groups in total. The normalized spacial score (nSPS) is 26.4. The molecule has 120 valence electrons. The molecule has 0 aromatic carbocycles. The van der Waals surface area contributed by atoms with E-state index in [0.717, 1.165) is 25.8 Å². The molecule has 2 unspecified atom stereocenters. The molecule has 5 heteroatoms. The molecule has 2 nitrogen and oxygen atoms in total. The third kappa shape index (κ3) is 5.24. The Balaban J connectivity index is 2.63. The van der Waals surface area contributed by atoms with E-state index in [9.17, 15) is 13.2 Å². The number of halogens is 3. The highest BCUT2D eigenvalue weighted by Gasteiger charge is 2.42. The Bertz CT molecular complexity index is 289. The van der Waals surface area contributed by atoms with E-state index in [1.54, 1.807) is 6.92 Å². The van der Waals surface area contributed by atoms with Crippen LogP contribution >= 0.6 is 0 Å². The summed E-state index contributed by atoms with van der Waals surface area (Å²) < 4.78 is 37.7. The maximum absolute atomic E-state index is 12.6. The van der Waals surface area contributed by atoms with Crippen molar-refractivity contribution in [2.75, 3.05) is 26.2 Å². The van der Waals surface area contributed by atoms with Gasteiger partial charge in [0.1, 0.15) is 0 Å². The highest BCUT2D eigenvalue weighted by molar-refractivity contribution is 4.97. The first kappa shape index (κ1) is 17.8. The van der Waals surface area contributed by atoms with Crippen LogP contribution in [0.1, 0.15) is 47.0 Å². The van der Waals surface area contributed by atoms with Crippen LogP contribution in [0.15, 0.2) is 0 Å². The zero-order valence-corrected chi connectivity index (χ0v) is 13.2. The quantitative estimate of drug-likeness (QED) is 0.770. The van der Waals surface area contributed by atoms with Gasteiger partial charge in [0.25, 0.3) is 0 Å². The third-order valence-electron chi connectivity index (χ3n) is 4.43. The summed E-state index contributed by atoms with van der Waals surface area (Å²) in [5, 5.41) is 3.56. The van der Waals surface area contributed by atoms with Gasteiger partial charge in [-0.3, -0.25) is 4.90 Å². The van der Waals surface area contributed by atoms with Crippen LogP contribution < -0.4 is 5.32 Å². The topological polar surface area (TPSA) is 15.3 Å². The fraction of sp³-hybridized carbons (Fsp3) is 1.00. The number of rotatable bonds is 7. The Labute approximate surface area is 121 Å². The summed E-state index contributed by atoms with van der Waals surface area (Å²) in [6.07, 6.45) is -0.943. The summed E-state index contributed by atoms with van der Waals surface area (Å²) in [6, 6.07) is 0.324. The molecule has 0 spiro atoms.